The quantitative estimate of drug-likeness (QED) is 0.863. The number of methoxy groups -OCH3 is 1. The minimum absolute atomic E-state index is 0.101. The molecule has 0 saturated heterocycles. The van der Waals surface area contributed by atoms with Gasteiger partial charge in [-0.1, -0.05) is 11.8 Å². The number of hydrogen-bond donors (Lipinski definition) is 1. The number of carbonyl (C=O) groups is 1. The Hall–Kier alpha value is -2.20. The molecule has 0 radical (unpaired) electrons. The maximum atomic E-state index is 12.3. The van der Waals surface area contributed by atoms with Crippen molar-refractivity contribution in [1.82, 2.24) is 4.90 Å². The van der Waals surface area contributed by atoms with Gasteiger partial charge >= 0.3 is 6.18 Å². The fourth-order valence-electron chi connectivity index (χ4n) is 1.65. The van der Waals surface area contributed by atoms with E-state index in [0.29, 0.717) is 16.2 Å². The van der Waals surface area contributed by atoms with Crippen LogP contribution < -0.4 is 10.5 Å². The summed E-state index contributed by atoms with van der Waals surface area (Å²) >= 11 is 0. The van der Waals surface area contributed by atoms with E-state index in [9.17, 15) is 18.0 Å². The largest absolute Gasteiger partial charge is 0.495 e. The Bertz CT molecular complexity index is 574. The fraction of sp³-hybridized carbons (Fsp3) is 0.357. The molecule has 21 heavy (non-hydrogen) atoms. The lowest BCUT2D eigenvalue weighted by atomic mass is 10.1. The molecule has 1 rings (SSSR count). The molecule has 0 atom stereocenters. The fourth-order valence-corrected chi connectivity index (χ4v) is 1.65. The van der Waals surface area contributed by atoms with Crippen LogP contribution in [0.2, 0.25) is 0 Å². The first-order valence-corrected chi connectivity index (χ1v) is 5.97. The summed E-state index contributed by atoms with van der Waals surface area (Å²) in [5, 5.41) is 0. The van der Waals surface area contributed by atoms with Crippen molar-refractivity contribution in [3.05, 3.63) is 29.3 Å². The van der Waals surface area contributed by atoms with E-state index in [1.54, 1.807) is 0 Å². The minimum Gasteiger partial charge on any atom is -0.495 e. The topological polar surface area (TPSA) is 55.6 Å². The zero-order valence-corrected chi connectivity index (χ0v) is 11.6. The number of rotatable bonds is 3. The second-order valence-corrected chi connectivity index (χ2v) is 4.20. The molecular formula is C14H15F3N2O2. The van der Waals surface area contributed by atoms with Crippen LogP contribution in [0.3, 0.4) is 0 Å². The summed E-state index contributed by atoms with van der Waals surface area (Å²) in [7, 11) is 2.52. The lowest BCUT2D eigenvalue weighted by molar-refractivity contribution is -0.138. The molecule has 0 heterocycles. The lowest BCUT2D eigenvalue weighted by Gasteiger charge is -2.19. The standard InChI is InChI=1S/C14H15F3N2O2/c1-19(9-14(15,16)17)13(20)11-5-6-12(21-2)10(8-11)4-3-7-18/h5-6,8H,7,9,18H2,1-2H3. The number of alkyl halides is 3. The first kappa shape index (κ1) is 16.9. The van der Waals surface area contributed by atoms with E-state index in [1.165, 1.54) is 25.3 Å². The predicted molar refractivity (Wildman–Crippen MR) is 71.9 cm³/mol. The van der Waals surface area contributed by atoms with Crippen molar-refractivity contribution in [2.45, 2.75) is 6.18 Å². The van der Waals surface area contributed by atoms with Crippen molar-refractivity contribution < 1.29 is 22.7 Å². The van der Waals surface area contributed by atoms with E-state index >= 15 is 0 Å². The molecule has 2 N–H and O–H groups in total. The highest BCUT2D eigenvalue weighted by molar-refractivity contribution is 5.94. The van der Waals surface area contributed by atoms with Crippen LogP contribution in [-0.4, -0.2) is 44.2 Å². The van der Waals surface area contributed by atoms with Crippen LogP contribution in [0.4, 0.5) is 13.2 Å². The van der Waals surface area contributed by atoms with Gasteiger partial charge in [-0.25, -0.2) is 0 Å². The number of hydrogen-bond acceptors (Lipinski definition) is 3. The zero-order chi connectivity index (χ0) is 16.0. The van der Waals surface area contributed by atoms with E-state index in [2.05, 4.69) is 11.8 Å². The number of nitrogens with zero attached hydrogens (tertiary/aromatic N) is 1. The normalized spacial score (nSPS) is 10.6. The molecular weight excluding hydrogens is 285 g/mol. The van der Waals surface area contributed by atoms with Crippen molar-refractivity contribution in [3.63, 3.8) is 0 Å². The van der Waals surface area contributed by atoms with Gasteiger partial charge in [0.05, 0.1) is 19.2 Å². The smallest absolute Gasteiger partial charge is 0.406 e. The second kappa shape index (κ2) is 6.99. The molecule has 0 unspecified atom stereocenters. The zero-order valence-electron chi connectivity index (χ0n) is 11.6. The van der Waals surface area contributed by atoms with Crippen LogP contribution >= 0.6 is 0 Å². The predicted octanol–water partition coefficient (Wildman–Crippen LogP) is 1.64. The number of benzene rings is 1. The average molecular weight is 300 g/mol. The second-order valence-electron chi connectivity index (χ2n) is 4.20. The Balaban J connectivity index is 3.05. The van der Waals surface area contributed by atoms with Crippen molar-refractivity contribution in [2.24, 2.45) is 5.73 Å². The average Bonchev–Trinajstić information content (AvgIpc) is 2.42. The first-order valence-electron chi connectivity index (χ1n) is 5.97. The van der Waals surface area contributed by atoms with Crippen molar-refractivity contribution in [2.75, 3.05) is 27.2 Å². The molecule has 0 saturated carbocycles. The number of halogens is 3. The maximum Gasteiger partial charge on any atom is 0.406 e. The molecule has 0 aromatic heterocycles. The molecule has 0 aliphatic heterocycles. The van der Waals surface area contributed by atoms with Crippen molar-refractivity contribution >= 4 is 5.91 Å². The highest BCUT2D eigenvalue weighted by Gasteiger charge is 2.31. The third-order valence-electron chi connectivity index (χ3n) is 2.53. The number of carbonyl (C=O) groups excluding carboxylic acids is 1. The van der Waals surface area contributed by atoms with Gasteiger partial charge in [-0.05, 0) is 18.2 Å². The molecule has 0 bridgehead atoms. The summed E-state index contributed by atoms with van der Waals surface area (Å²) in [6.07, 6.45) is -4.45. The third-order valence-corrected chi connectivity index (χ3v) is 2.53. The van der Waals surface area contributed by atoms with Gasteiger partial charge in [0.2, 0.25) is 0 Å². The van der Waals surface area contributed by atoms with Crippen LogP contribution in [0.15, 0.2) is 18.2 Å². The molecule has 0 aliphatic carbocycles. The highest BCUT2D eigenvalue weighted by atomic mass is 19.4. The molecule has 4 nitrogen and oxygen atoms in total. The van der Waals surface area contributed by atoms with E-state index in [1.807, 2.05) is 0 Å². The Morgan fingerprint density at radius 3 is 2.62 bits per heavy atom. The lowest BCUT2D eigenvalue weighted by Crippen LogP contribution is -2.35. The molecule has 1 amide bonds. The molecule has 7 heteroatoms. The van der Waals surface area contributed by atoms with Gasteiger partial charge in [-0.3, -0.25) is 4.79 Å². The van der Waals surface area contributed by atoms with Crippen LogP contribution in [0.1, 0.15) is 15.9 Å². The number of nitrogens with two attached hydrogens (primary N) is 1. The van der Waals surface area contributed by atoms with Gasteiger partial charge in [0.15, 0.2) is 0 Å². The summed E-state index contributed by atoms with van der Waals surface area (Å²) in [6, 6.07) is 4.26. The number of ether oxygens (including phenoxy) is 1. The Labute approximate surface area is 120 Å². The van der Waals surface area contributed by atoms with Gasteiger partial charge in [-0.2, -0.15) is 13.2 Å². The van der Waals surface area contributed by atoms with Crippen LogP contribution in [0, 0.1) is 11.8 Å². The minimum atomic E-state index is -4.45. The maximum absolute atomic E-state index is 12.3. The van der Waals surface area contributed by atoms with Crippen molar-refractivity contribution in [3.8, 4) is 17.6 Å². The molecule has 0 spiro atoms. The Kier molecular flexibility index (Phi) is 5.61. The molecule has 0 fully saturated rings. The van der Waals surface area contributed by atoms with E-state index < -0.39 is 18.6 Å². The van der Waals surface area contributed by atoms with Gasteiger partial charge in [0.1, 0.15) is 12.3 Å². The molecule has 1 aromatic rings. The van der Waals surface area contributed by atoms with Crippen molar-refractivity contribution in [1.29, 1.82) is 0 Å². The SMILES string of the molecule is COc1ccc(C(=O)N(C)CC(F)(F)F)cc1C#CCN. The summed E-state index contributed by atoms with van der Waals surface area (Å²) in [6.45, 7) is -1.20. The van der Waals surface area contributed by atoms with E-state index in [4.69, 9.17) is 10.5 Å². The third kappa shape index (κ3) is 5.00. The summed E-state index contributed by atoms with van der Waals surface area (Å²) in [4.78, 5) is 12.6. The molecule has 1 aromatic carbocycles. The Morgan fingerprint density at radius 1 is 1.43 bits per heavy atom. The van der Waals surface area contributed by atoms with Gasteiger partial charge in [-0.15, -0.1) is 0 Å². The van der Waals surface area contributed by atoms with Gasteiger partial charge < -0.3 is 15.4 Å². The molecule has 114 valence electrons. The molecule has 0 aliphatic rings. The van der Waals surface area contributed by atoms with E-state index in [-0.39, 0.29) is 12.1 Å². The number of amides is 1. The van der Waals surface area contributed by atoms with E-state index in [0.717, 1.165) is 7.05 Å². The monoisotopic (exact) mass is 300 g/mol. The van der Waals surface area contributed by atoms with Gasteiger partial charge in [0, 0.05) is 12.6 Å². The summed E-state index contributed by atoms with van der Waals surface area (Å²) < 4.78 is 42.0. The summed E-state index contributed by atoms with van der Waals surface area (Å²) in [5.74, 6) is 5.00. The highest BCUT2D eigenvalue weighted by Crippen LogP contribution is 2.21. The summed E-state index contributed by atoms with van der Waals surface area (Å²) in [5.41, 5.74) is 5.77. The van der Waals surface area contributed by atoms with Crippen LogP contribution in [0.5, 0.6) is 5.75 Å². The van der Waals surface area contributed by atoms with Gasteiger partial charge in [0.25, 0.3) is 5.91 Å². The Morgan fingerprint density at radius 2 is 2.10 bits per heavy atom. The first-order chi connectivity index (χ1) is 9.78. The van der Waals surface area contributed by atoms with Crippen LogP contribution in [-0.2, 0) is 0 Å². The van der Waals surface area contributed by atoms with Crippen LogP contribution in [0.25, 0.3) is 0 Å².